The molecule has 0 aliphatic heterocycles. The summed E-state index contributed by atoms with van der Waals surface area (Å²) in [4.78, 5) is 19.7. The number of rotatable bonds is 6. The Morgan fingerprint density at radius 1 is 0.895 bits per heavy atom. The van der Waals surface area contributed by atoms with Crippen LogP contribution < -0.4 is 10.2 Å². The number of hydrogen-bond acceptors (Lipinski definition) is 3. The van der Waals surface area contributed by atoms with Gasteiger partial charge in [0.25, 0.3) is 0 Å². The fraction of sp³-hybridized carbons (Fsp3) is 0.219. The maximum Gasteiger partial charge on any atom is 0.332 e. The lowest BCUT2D eigenvalue weighted by Crippen LogP contribution is -2.32. The van der Waals surface area contributed by atoms with Gasteiger partial charge in [-0.05, 0) is 77.1 Å². The lowest BCUT2D eigenvalue weighted by molar-refractivity contribution is 0.259. The van der Waals surface area contributed by atoms with E-state index < -0.39 is 0 Å². The average molecular weight is 504 g/mol. The zero-order valence-corrected chi connectivity index (χ0v) is 22.3. The van der Waals surface area contributed by atoms with Gasteiger partial charge in [-0.25, -0.2) is 9.69 Å². The van der Waals surface area contributed by atoms with E-state index >= 15 is 0 Å². The van der Waals surface area contributed by atoms with Gasteiger partial charge in [-0.2, -0.15) is 5.10 Å². The average Bonchev–Trinajstić information content (AvgIpc) is 3.44. The summed E-state index contributed by atoms with van der Waals surface area (Å²) in [6.07, 6.45) is 7.14. The topological polar surface area (TPSA) is 73.9 Å². The molecule has 6 nitrogen and oxygen atoms in total. The van der Waals surface area contributed by atoms with E-state index in [1.807, 2.05) is 43.6 Å². The van der Waals surface area contributed by atoms with Crippen LogP contribution in [-0.4, -0.2) is 21.2 Å². The van der Waals surface area contributed by atoms with Crippen LogP contribution >= 0.6 is 0 Å². The van der Waals surface area contributed by atoms with Crippen molar-refractivity contribution in [3.63, 3.8) is 0 Å². The highest BCUT2D eigenvalue weighted by molar-refractivity contribution is 6.11. The number of aromatic nitrogens is 3. The number of benzene rings is 3. The minimum absolute atomic E-state index is 0.0547. The largest absolute Gasteiger partial charge is 0.332 e. The number of carbonyl (C=O) groups excluding carboxylic acids is 1. The predicted octanol–water partition coefficient (Wildman–Crippen LogP) is 7.72. The molecule has 5 aromatic rings. The molecule has 3 aromatic carbocycles. The van der Waals surface area contributed by atoms with Crippen molar-refractivity contribution in [2.45, 2.75) is 46.0 Å². The minimum Gasteiger partial charge on any atom is -0.307 e. The van der Waals surface area contributed by atoms with Gasteiger partial charge in [-0.15, -0.1) is 0 Å². The summed E-state index contributed by atoms with van der Waals surface area (Å²) >= 11 is 0. The number of carbonyl (C=O) groups is 1. The summed E-state index contributed by atoms with van der Waals surface area (Å²) < 4.78 is 0. The SMILES string of the molecule is Cc1ccc(C(C)(C)C)cc1N(C(=O)Nc1ccc(CCc2ccncc2)c2ccccc12)c1ccn[nH]1. The van der Waals surface area contributed by atoms with Gasteiger partial charge < -0.3 is 5.32 Å². The van der Waals surface area contributed by atoms with Crippen molar-refractivity contribution in [1.29, 1.82) is 0 Å². The van der Waals surface area contributed by atoms with E-state index in [2.05, 4.69) is 89.8 Å². The molecule has 0 bridgehead atoms. The molecule has 6 heteroatoms. The van der Waals surface area contributed by atoms with Crippen LogP contribution in [0.5, 0.6) is 0 Å². The van der Waals surface area contributed by atoms with E-state index in [4.69, 9.17) is 0 Å². The predicted molar refractivity (Wildman–Crippen MR) is 155 cm³/mol. The first-order chi connectivity index (χ1) is 18.3. The Morgan fingerprint density at radius 2 is 1.66 bits per heavy atom. The van der Waals surface area contributed by atoms with Crippen LogP contribution in [0.4, 0.5) is 22.0 Å². The molecule has 0 saturated carbocycles. The molecule has 0 unspecified atom stereocenters. The molecule has 5 rings (SSSR count). The standard InChI is InChI=1S/C32H33N5O/c1-22-9-13-25(32(2,3)4)21-29(22)37(30-17-20-34-36-30)31(38)35-28-14-12-24(26-7-5-6-8-27(26)28)11-10-23-15-18-33-19-16-23/h5-9,12-21H,10-11H2,1-4H3,(H,34,36)(H,35,38). The number of amides is 2. The maximum absolute atomic E-state index is 13.9. The third kappa shape index (κ3) is 5.30. The van der Waals surface area contributed by atoms with E-state index in [1.54, 1.807) is 11.1 Å². The summed E-state index contributed by atoms with van der Waals surface area (Å²) in [5, 5.41) is 12.4. The van der Waals surface area contributed by atoms with Crippen LogP contribution in [0.15, 0.2) is 91.4 Å². The van der Waals surface area contributed by atoms with Crippen molar-refractivity contribution >= 4 is 34.0 Å². The summed E-state index contributed by atoms with van der Waals surface area (Å²) in [5.74, 6) is 0.606. The molecule has 38 heavy (non-hydrogen) atoms. The Bertz CT molecular complexity index is 1550. The summed E-state index contributed by atoms with van der Waals surface area (Å²) in [6, 6.07) is 24.3. The second-order valence-corrected chi connectivity index (χ2v) is 10.6. The smallest absolute Gasteiger partial charge is 0.307 e. The number of anilines is 3. The minimum atomic E-state index is -0.252. The number of urea groups is 1. The van der Waals surface area contributed by atoms with Crippen molar-refractivity contribution in [2.24, 2.45) is 0 Å². The van der Waals surface area contributed by atoms with Crippen LogP contribution in [-0.2, 0) is 18.3 Å². The van der Waals surface area contributed by atoms with E-state index in [0.717, 1.165) is 46.1 Å². The number of fused-ring (bicyclic) bond motifs is 1. The third-order valence-electron chi connectivity index (χ3n) is 6.93. The molecule has 0 aliphatic carbocycles. The van der Waals surface area contributed by atoms with Gasteiger partial charge in [-0.1, -0.05) is 63.2 Å². The fourth-order valence-electron chi connectivity index (χ4n) is 4.73. The normalized spacial score (nSPS) is 11.5. The lowest BCUT2D eigenvalue weighted by atomic mass is 9.86. The molecule has 2 amide bonds. The zero-order chi connectivity index (χ0) is 26.7. The van der Waals surface area contributed by atoms with Gasteiger partial charge in [0.1, 0.15) is 5.82 Å². The first-order valence-electron chi connectivity index (χ1n) is 12.9. The Morgan fingerprint density at radius 3 is 2.37 bits per heavy atom. The molecule has 0 spiro atoms. The highest BCUT2D eigenvalue weighted by Gasteiger charge is 2.24. The summed E-state index contributed by atoms with van der Waals surface area (Å²) in [7, 11) is 0. The van der Waals surface area contributed by atoms with Gasteiger partial charge in [0.05, 0.1) is 17.6 Å². The molecular formula is C32H33N5O. The number of H-pyrrole nitrogens is 1. The Hall–Kier alpha value is -4.45. The fourth-order valence-corrected chi connectivity index (χ4v) is 4.73. The van der Waals surface area contributed by atoms with E-state index in [9.17, 15) is 4.79 Å². The molecular weight excluding hydrogens is 470 g/mol. The third-order valence-corrected chi connectivity index (χ3v) is 6.93. The van der Waals surface area contributed by atoms with E-state index in [0.29, 0.717) is 5.82 Å². The molecule has 2 aromatic heterocycles. The Labute approximate surface area is 223 Å². The second-order valence-electron chi connectivity index (χ2n) is 10.6. The molecule has 2 N–H and O–H groups in total. The maximum atomic E-state index is 13.9. The van der Waals surface area contributed by atoms with Gasteiger partial charge in [-0.3, -0.25) is 10.1 Å². The molecule has 0 fully saturated rings. The molecule has 0 aliphatic rings. The molecule has 192 valence electrons. The van der Waals surface area contributed by atoms with Crippen molar-refractivity contribution in [2.75, 3.05) is 10.2 Å². The first kappa shape index (κ1) is 25.2. The monoisotopic (exact) mass is 503 g/mol. The van der Waals surface area contributed by atoms with Crippen LogP contribution in [0.25, 0.3) is 10.8 Å². The van der Waals surface area contributed by atoms with Crippen LogP contribution in [0, 0.1) is 6.92 Å². The summed E-state index contributed by atoms with van der Waals surface area (Å²) in [5.41, 5.74) is 6.18. The van der Waals surface area contributed by atoms with Gasteiger partial charge in [0.15, 0.2) is 0 Å². The number of pyridine rings is 1. The second kappa shape index (κ2) is 10.5. The molecule has 0 saturated heterocycles. The Balaban J connectivity index is 1.49. The van der Waals surface area contributed by atoms with Crippen LogP contribution in [0.3, 0.4) is 0 Å². The molecule has 0 atom stereocenters. The quantitative estimate of drug-likeness (QED) is 0.249. The van der Waals surface area contributed by atoms with Crippen molar-refractivity contribution in [1.82, 2.24) is 15.2 Å². The van der Waals surface area contributed by atoms with Gasteiger partial charge >= 0.3 is 6.03 Å². The number of hydrogen-bond donors (Lipinski definition) is 2. The first-order valence-corrected chi connectivity index (χ1v) is 12.9. The zero-order valence-electron chi connectivity index (χ0n) is 22.3. The molecule has 2 heterocycles. The van der Waals surface area contributed by atoms with Crippen LogP contribution in [0.1, 0.15) is 43.0 Å². The van der Waals surface area contributed by atoms with Gasteiger partial charge in [0.2, 0.25) is 0 Å². The van der Waals surface area contributed by atoms with Gasteiger partial charge in [0, 0.05) is 23.8 Å². The molecule has 0 radical (unpaired) electrons. The van der Waals surface area contributed by atoms with E-state index in [1.165, 1.54) is 11.1 Å². The number of nitrogens with zero attached hydrogens (tertiary/aromatic N) is 3. The Kier molecular flexibility index (Phi) is 6.97. The van der Waals surface area contributed by atoms with Crippen molar-refractivity contribution in [3.8, 4) is 0 Å². The number of nitrogens with one attached hydrogen (secondary N) is 2. The number of aromatic amines is 1. The van der Waals surface area contributed by atoms with Crippen molar-refractivity contribution in [3.05, 3.63) is 114 Å². The van der Waals surface area contributed by atoms with Crippen molar-refractivity contribution < 1.29 is 4.79 Å². The summed E-state index contributed by atoms with van der Waals surface area (Å²) in [6.45, 7) is 8.53. The number of aryl methyl sites for hydroxylation is 3. The lowest BCUT2D eigenvalue weighted by Gasteiger charge is -2.27. The highest BCUT2D eigenvalue weighted by Crippen LogP contribution is 2.34. The van der Waals surface area contributed by atoms with Crippen LogP contribution in [0.2, 0.25) is 0 Å². The van der Waals surface area contributed by atoms with E-state index in [-0.39, 0.29) is 11.4 Å². The highest BCUT2D eigenvalue weighted by atomic mass is 16.2.